The molecule has 0 atom stereocenters. The first-order valence-electron chi connectivity index (χ1n) is 5.86. The number of hydrazine groups is 1. The van der Waals surface area contributed by atoms with Gasteiger partial charge < -0.3 is 14.9 Å². The normalized spacial score (nSPS) is 10.0. The summed E-state index contributed by atoms with van der Waals surface area (Å²) in [5.41, 5.74) is 3.39. The summed E-state index contributed by atoms with van der Waals surface area (Å²) >= 11 is 5.78. The van der Waals surface area contributed by atoms with Gasteiger partial charge in [-0.1, -0.05) is 11.6 Å². The first-order valence-corrected chi connectivity index (χ1v) is 6.23. The molecule has 0 aliphatic carbocycles. The maximum atomic E-state index is 5.78. The second kappa shape index (κ2) is 6.87. The summed E-state index contributed by atoms with van der Waals surface area (Å²) in [5.74, 6) is 6.83. The molecule has 0 heterocycles. The maximum Gasteiger partial charge on any atom is 0.122 e. The Bertz CT molecular complexity index is 500. The van der Waals surface area contributed by atoms with Crippen molar-refractivity contribution < 1.29 is 9.47 Å². The van der Waals surface area contributed by atoms with E-state index in [9.17, 15) is 0 Å². The minimum absolute atomic E-state index is 0.470. The zero-order valence-electron chi connectivity index (χ0n) is 10.3. The molecule has 2 aromatic carbocycles. The molecule has 5 heteroatoms. The van der Waals surface area contributed by atoms with Gasteiger partial charge in [0.1, 0.15) is 24.7 Å². The van der Waals surface area contributed by atoms with Crippen molar-refractivity contribution in [2.24, 2.45) is 5.84 Å². The van der Waals surface area contributed by atoms with Crippen molar-refractivity contribution in [2.75, 3.05) is 18.6 Å². The third-order valence-electron chi connectivity index (χ3n) is 2.46. The molecule has 3 N–H and O–H groups in total. The average Bonchev–Trinajstić information content (AvgIpc) is 2.46. The lowest BCUT2D eigenvalue weighted by molar-refractivity contribution is 0.217. The van der Waals surface area contributed by atoms with Gasteiger partial charge in [0.15, 0.2) is 0 Å². The largest absolute Gasteiger partial charge is 0.490 e. The van der Waals surface area contributed by atoms with E-state index >= 15 is 0 Å². The molecule has 2 aromatic rings. The van der Waals surface area contributed by atoms with Crippen LogP contribution in [0.4, 0.5) is 5.69 Å². The van der Waals surface area contributed by atoms with Crippen molar-refractivity contribution in [2.45, 2.75) is 0 Å². The highest BCUT2D eigenvalue weighted by Gasteiger charge is 1.96. The lowest BCUT2D eigenvalue weighted by Crippen LogP contribution is -2.09. The molecule has 0 unspecified atom stereocenters. The predicted octanol–water partition coefficient (Wildman–Crippen LogP) is 3.08. The Morgan fingerprint density at radius 1 is 0.842 bits per heavy atom. The van der Waals surface area contributed by atoms with Crippen LogP contribution in [0.2, 0.25) is 5.02 Å². The molecular formula is C14H15ClN2O2. The predicted molar refractivity (Wildman–Crippen MR) is 76.7 cm³/mol. The zero-order chi connectivity index (χ0) is 13.5. The van der Waals surface area contributed by atoms with E-state index in [1.165, 1.54) is 0 Å². The van der Waals surface area contributed by atoms with Gasteiger partial charge in [0.2, 0.25) is 0 Å². The number of nitrogens with one attached hydrogen (secondary N) is 1. The molecule has 0 amide bonds. The molecule has 19 heavy (non-hydrogen) atoms. The summed E-state index contributed by atoms with van der Waals surface area (Å²) in [6, 6.07) is 14.6. The van der Waals surface area contributed by atoms with Crippen LogP contribution in [0.15, 0.2) is 48.5 Å². The number of nitrogen functional groups attached to an aromatic ring is 1. The Hall–Kier alpha value is -1.91. The van der Waals surface area contributed by atoms with Crippen LogP contribution in [0.25, 0.3) is 0 Å². The molecule has 4 nitrogen and oxygen atoms in total. The van der Waals surface area contributed by atoms with E-state index in [0.29, 0.717) is 18.2 Å². The fourth-order valence-corrected chi connectivity index (χ4v) is 1.62. The van der Waals surface area contributed by atoms with Crippen LogP contribution >= 0.6 is 11.6 Å². The maximum absolute atomic E-state index is 5.78. The average molecular weight is 279 g/mol. The second-order valence-corrected chi connectivity index (χ2v) is 4.26. The van der Waals surface area contributed by atoms with Gasteiger partial charge in [-0.05, 0) is 48.5 Å². The van der Waals surface area contributed by atoms with E-state index in [1.807, 2.05) is 36.4 Å². The molecule has 0 radical (unpaired) electrons. The van der Waals surface area contributed by atoms with Crippen LogP contribution in [-0.4, -0.2) is 13.2 Å². The van der Waals surface area contributed by atoms with E-state index in [1.54, 1.807) is 12.1 Å². The van der Waals surface area contributed by atoms with Crippen LogP contribution < -0.4 is 20.7 Å². The van der Waals surface area contributed by atoms with Gasteiger partial charge in [0, 0.05) is 10.7 Å². The van der Waals surface area contributed by atoms with E-state index in [4.69, 9.17) is 26.9 Å². The number of nitrogens with two attached hydrogens (primary N) is 1. The molecule has 0 bridgehead atoms. The van der Waals surface area contributed by atoms with Crippen molar-refractivity contribution in [1.82, 2.24) is 0 Å². The first-order chi connectivity index (χ1) is 9.28. The van der Waals surface area contributed by atoms with E-state index in [2.05, 4.69) is 5.43 Å². The Morgan fingerprint density at radius 3 is 1.79 bits per heavy atom. The number of rotatable bonds is 6. The molecule has 0 saturated heterocycles. The van der Waals surface area contributed by atoms with Crippen molar-refractivity contribution in [3.8, 4) is 11.5 Å². The van der Waals surface area contributed by atoms with Crippen molar-refractivity contribution >= 4 is 17.3 Å². The van der Waals surface area contributed by atoms with Gasteiger partial charge >= 0.3 is 0 Å². The van der Waals surface area contributed by atoms with Gasteiger partial charge in [0.25, 0.3) is 0 Å². The Labute approximate surface area is 117 Å². The number of benzene rings is 2. The van der Waals surface area contributed by atoms with E-state index < -0.39 is 0 Å². The fourth-order valence-electron chi connectivity index (χ4n) is 1.50. The van der Waals surface area contributed by atoms with Gasteiger partial charge in [0.05, 0.1) is 0 Å². The smallest absolute Gasteiger partial charge is 0.122 e. The van der Waals surface area contributed by atoms with Crippen LogP contribution in [0.3, 0.4) is 0 Å². The number of halogens is 1. The molecule has 2 rings (SSSR count). The van der Waals surface area contributed by atoms with Gasteiger partial charge in [-0.3, -0.25) is 5.84 Å². The highest BCUT2D eigenvalue weighted by molar-refractivity contribution is 6.30. The minimum Gasteiger partial charge on any atom is -0.490 e. The first kappa shape index (κ1) is 13.5. The summed E-state index contributed by atoms with van der Waals surface area (Å²) < 4.78 is 11.0. The minimum atomic E-state index is 0.470. The molecule has 0 aliphatic heterocycles. The van der Waals surface area contributed by atoms with Gasteiger partial charge in [-0.15, -0.1) is 0 Å². The number of anilines is 1. The van der Waals surface area contributed by atoms with Gasteiger partial charge in [-0.2, -0.15) is 0 Å². The van der Waals surface area contributed by atoms with Crippen molar-refractivity contribution in [3.63, 3.8) is 0 Å². The standard InChI is InChI=1S/C14H15ClN2O2/c15-11-1-5-13(6-2-11)18-9-10-19-14-7-3-12(17-16)4-8-14/h1-8,17H,9-10,16H2. The number of hydrogen-bond acceptors (Lipinski definition) is 4. The van der Waals surface area contributed by atoms with Crippen LogP contribution in [-0.2, 0) is 0 Å². The third kappa shape index (κ3) is 4.35. The molecule has 0 aliphatic rings. The van der Waals surface area contributed by atoms with E-state index in [-0.39, 0.29) is 0 Å². The lowest BCUT2D eigenvalue weighted by Gasteiger charge is -2.09. The lowest BCUT2D eigenvalue weighted by atomic mass is 10.3. The molecule has 0 spiro atoms. The molecule has 100 valence electrons. The molecule has 0 saturated carbocycles. The monoisotopic (exact) mass is 278 g/mol. The molecular weight excluding hydrogens is 264 g/mol. The highest BCUT2D eigenvalue weighted by atomic mass is 35.5. The molecule has 0 fully saturated rings. The number of hydrogen-bond donors (Lipinski definition) is 2. The van der Waals surface area contributed by atoms with Gasteiger partial charge in [-0.25, -0.2) is 0 Å². The quantitative estimate of drug-likeness (QED) is 0.484. The van der Waals surface area contributed by atoms with Crippen LogP contribution in [0.5, 0.6) is 11.5 Å². The van der Waals surface area contributed by atoms with Crippen molar-refractivity contribution in [3.05, 3.63) is 53.6 Å². The Kier molecular flexibility index (Phi) is 4.89. The Morgan fingerprint density at radius 2 is 1.32 bits per heavy atom. The van der Waals surface area contributed by atoms with Crippen LogP contribution in [0.1, 0.15) is 0 Å². The summed E-state index contributed by atoms with van der Waals surface area (Å²) in [6.07, 6.45) is 0. The third-order valence-corrected chi connectivity index (χ3v) is 2.71. The summed E-state index contributed by atoms with van der Waals surface area (Å²) in [6.45, 7) is 0.941. The fraction of sp³-hybridized carbons (Fsp3) is 0.143. The topological polar surface area (TPSA) is 56.5 Å². The summed E-state index contributed by atoms with van der Waals surface area (Å²) in [4.78, 5) is 0. The second-order valence-electron chi connectivity index (χ2n) is 3.82. The van der Waals surface area contributed by atoms with Crippen LogP contribution in [0, 0.1) is 0 Å². The highest BCUT2D eigenvalue weighted by Crippen LogP contribution is 2.16. The molecule has 0 aromatic heterocycles. The SMILES string of the molecule is NNc1ccc(OCCOc2ccc(Cl)cc2)cc1. The number of ether oxygens (including phenoxy) is 2. The summed E-state index contributed by atoms with van der Waals surface area (Å²) in [5, 5.41) is 0.692. The van der Waals surface area contributed by atoms with E-state index in [0.717, 1.165) is 17.2 Å². The van der Waals surface area contributed by atoms with Crippen molar-refractivity contribution in [1.29, 1.82) is 0 Å². The summed E-state index contributed by atoms with van der Waals surface area (Å²) in [7, 11) is 0. The Balaban J connectivity index is 1.72. The zero-order valence-corrected chi connectivity index (χ0v) is 11.1.